The van der Waals surface area contributed by atoms with Gasteiger partial charge < -0.3 is 14.6 Å². The summed E-state index contributed by atoms with van der Waals surface area (Å²) in [5.41, 5.74) is -5.29. The molecule has 1 heterocycles. The number of hydrogen-bond acceptors (Lipinski definition) is 8. The molecule has 32 heavy (non-hydrogen) atoms. The van der Waals surface area contributed by atoms with Gasteiger partial charge in [0.05, 0.1) is 18.1 Å². The fourth-order valence-corrected chi connectivity index (χ4v) is 6.31. The minimum Gasteiger partial charge on any atom is -0.481 e. The summed E-state index contributed by atoms with van der Waals surface area (Å²) in [4.78, 5) is 34.3. The number of carbonyl (C=O) groups is 3. The molecule has 0 radical (unpaired) electrons. The van der Waals surface area contributed by atoms with Crippen molar-refractivity contribution in [2.24, 2.45) is 11.8 Å². The van der Waals surface area contributed by atoms with Crippen LogP contribution in [0, 0.1) is 11.8 Å². The highest BCUT2D eigenvalue weighted by Gasteiger charge is 2.75. The summed E-state index contributed by atoms with van der Waals surface area (Å²) in [7, 11) is -3.81. The molecule has 3 fully saturated rings. The summed E-state index contributed by atoms with van der Waals surface area (Å²) in [6.45, 7) is 0. The van der Waals surface area contributed by atoms with Crippen LogP contribution in [0.5, 0.6) is 0 Å². The fraction of sp³-hybridized carbons (Fsp3) is 0.812. The average molecular weight is 498 g/mol. The molecule has 5 unspecified atom stereocenters. The number of halogens is 6. The Hall–Kier alpha value is -2.10. The largest absolute Gasteiger partial charge is 0.481 e. The van der Waals surface area contributed by atoms with Crippen LogP contribution in [0.15, 0.2) is 0 Å². The highest BCUT2D eigenvalue weighted by molar-refractivity contribution is 7.87. The van der Waals surface area contributed by atoms with E-state index in [1.165, 1.54) is 0 Å². The molecule has 16 heteroatoms. The summed E-state index contributed by atoms with van der Waals surface area (Å²) in [6, 6.07) is 0. The molecule has 2 aliphatic carbocycles. The summed E-state index contributed by atoms with van der Waals surface area (Å²) >= 11 is 0. The number of aliphatic carboxylic acids is 1. The standard InChI is InChI=1S/C16H16F6O9S/c17-15(18,19)14(5-9(23)24,16(20,21)22)30-11(26)2-1-10(25)29-12-6-3-7-8(4-6)32(27,28)31-13(7)12/h6-8,12-13H,1-5H2,(H,23,24). The van der Waals surface area contributed by atoms with E-state index < -0.39 is 82.7 Å². The van der Waals surface area contributed by atoms with Crippen molar-refractivity contribution in [1.82, 2.24) is 0 Å². The first kappa shape index (κ1) is 24.5. The van der Waals surface area contributed by atoms with Crippen molar-refractivity contribution in [3.05, 3.63) is 0 Å². The number of fused-ring (bicyclic) bond motifs is 1. The van der Waals surface area contributed by atoms with Crippen LogP contribution in [0.3, 0.4) is 0 Å². The number of carboxylic acid groups (broad SMARTS) is 1. The monoisotopic (exact) mass is 498 g/mol. The molecule has 1 saturated heterocycles. The van der Waals surface area contributed by atoms with E-state index in [1.54, 1.807) is 0 Å². The quantitative estimate of drug-likeness (QED) is 0.316. The lowest BCUT2D eigenvalue weighted by atomic mass is 9.94. The van der Waals surface area contributed by atoms with Gasteiger partial charge in [-0.2, -0.15) is 34.8 Å². The molecule has 3 aliphatic rings. The average Bonchev–Trinajstić information content (AvgIpc) is 3.21. The minimum atomic E-state index is -6.30. The molecule has 0 aromatic heterocycles. The normalized spacial score (nSPS) is 30.9. The number of hydrogen-bond donors (Lipinski definition) is 1. The van der Waals surface area contributed by atoms with E-state index in [4.69, 9.17) is 14.0 Å². The van der Waals surface area contributed by atoms with Crippen molar-refractivity contribution < 1.29 is 67.9 Å². The molecule has 3 rings (SSSR count). The molecule has 1 aliphatic heterocycles. The van der Waals surface area contributed by atoms with Crippen molar-refractivity contribution in [3.8, 4) is 0 Å². The third kappa shape index (κ3) is 4.13. The number of esters is 2. The molecule has 5 atom stereocenters. The lowest BCUT2D eigenvalue weighted by molar-refractivity contribution is -0.369. The molecule has 0 aromatic rings. The number of alkyl halides is 6. The molecular weight excluding hydrogens is 482 g/mol. The van der Waals surface area contributed by atoms with Crippen molar-refractivity contribution in [2.45, 2.75) is 67.5 Å². The zero-order chi connectivity index (χ0) is 24.3. The lowest BCUT2D eigenvalue weighted by Gasteiger charge is -2.35. The first-order valence-corrected chi connectivity index (χ1v) is 10.6. The molecule has 2 bridgehead atoms. The van der Waals surface area contributed by atoms with Crippen LogP contribution >= 0.6 is 0 Å². The van der Waals surface area contributed by atoms with Crippen LogP contribution in [0.2, 0.25) is 0 Å². The zero-order valence-electron chi connectivity index (χ0n) is 15.8. The topological polar surface area (TPSA) is 133 Å². The van der Waals surface area contributed by atoms with Gasteiger partial charge in [0, 0.05) is 11.8 Å². The van der Waals surface area contributed by atoms with Crippen molar-refractivity contribution in [3.63, 3.8) is 0 Å². The van der Waals surface area contributed by atoms with E-state index in [-0.39, 0.29) is 18.3 Å². The fourth-order valence-electron chi connectivity index (χ4n) is 4.43. The molecule has 0 spiro atoms. The van der Waals surface area contributed by atoms with Crippen molar-refractivity contribution >= 4 is 28.0 Å². The highest BCUT2D eigenvalue weighted by atomic mass is 32.2. The Bertz CT molecular complexity index is 898. The molecular formula is C16H16F6O9S. The smallest absolute Gasteiger partial charge is 0.438 e. The first-order valence-electron chi connectivity index (χ1n) is 9.17. The van der Waals surface area contributed by atoms with Gasteiger partial charge in [-0.15, -0.1) is 0 Å². The summed E-state index contributed by atoms with van der Waals surface area (Å²) in [5, 5.41) is 7.77. The van der Waals surface area contributed by atoms with Gasteiger partial charge in [0.2, 0.25) is 0 Å². The van der Waals surface area contributed by atoms with Gasteiger partial charge in [0.15, 0.2) is 0 Å². The maximum atomic E-state index is 13.1. The van der Waals surface area contributed by atoms with Crippen LogP contribution in [0.25, 0.3) is 0 Å². The molecule has 2 saturated carbocycles. The van der Waals surface area contributed by atoms with Crippen LogP contribution in [0.1, 0.15) is 32.1 Å². The van der Waals surface area contributed by atoms with E-state index in [0.29, 0.717) is 6.42 Å². The van der Waals surface area contributed by atoms with Gasteiger partial charge in [-0.1, -0.05) is 0 Å². The second-order valence-corrected chi connectivity index (χ2v) is 9.59. The Morgan fingerprint density at radius 1 is 0.969 bits per heavy atom. The predicted octanol–water partition coefficient (Wildman–Crippen LogP) is 1.70. The van der Waals surface area contributed by atoms with Gasteiger partial charge >= 0.3 is 35.9 Å². The number of carbonyl (C=O) groups excluding carboxylic acids is 2. The van der Waals surface area contributed by atoms with Gasteiger partial charge in [-0.3, -0.25) is 18.6 Å². The minimum absolute atomic E-state index is 0.179. The van der Waals surface area contributed by atoms with Crippen molar-refractivity contribution in [2.75, 3.05) is 0 Å². The molecule has 1 N–H and O–H groups in total. The van der Waals surface area contributed by atoms with Gasteiger partial charge in [0.1, 0.15) is 18.6 Å². The lowest BCUT2D eigenvalue weighted by Crippen LogP contribution is -2.60. The maximum absolute atomic E-state index is 13.1. The van der Waals surface area contributed by atoms with E-state index >= 15 is 0 Å². The maximum Gasteiger partial charge on any atom is 0.438 e. The predicted molar refractivity (Wildman–Crippen MR) is 86.1 cm³/mol. The van der Waals surface area contributed by atoms with Crippen LogP contribution in [0.4, 0.5) is 26.3 Å². The second kappa shape index (κ2) is 7.74. The molecule has 9 nitrogen and oxygen atoms in total. The number of carboxylic acids is 1. The summed E-state index contributed by atoms with van der Waals surface area (Å²) in [5.74, 6) is -6.56. The SMILES string of the molecule is O=C(O)CC(OC(=O)CCC(=O)OC1C2CC3C1OS(=O)(=O)C3C2)(C(F)(F)F)C(F)(F)F. The Kier molecular flexibility index (Phi) is 5.94. The Morgan fingerprint density at radius 3 is 2.06 bits per heavy atom. The molecule has 182 valence electrons. The van der Waals surface area contributed by atoms with Gasteiger partial charge in [0.25, 0.3) is 10.1 Å². The van der Waals surface area contributed by atoms with Crippen LogP contribution in [-0.2, 0) is 38.2 Å². The highest BCUT2D eigenvalue weighted by Crippen LogP contribution is 2.55. The Labute approximate surface area is 176 Å². The zero-order valence-corrected chi connectivity index (χ0v) is 16.6. The van der Waals surface area contributed by atoms with E-state index in [1.807, 2.05) is 0 Å². The van der Waals surface area contributed by atoms with Gasteiger partial charge in [-0.05, 0) is 12.8 Å². The number of ether oxygens (including phenoxy) is 2. The van der Waals surface area contributed by atoms with Gasteiger partial charge in [-0.25, -0.2) is 0 Å². The number of rotatable bonds is 7. The van der Waals surface area contributed by atoms with Crippen LogP contribution in [-0.4, -0.2) is 66.8 Å². The van der Waals surface area contributed by atoms with E-state index in [2.05, 4.69) is 4.74 Å². The third-order valence-corrected chi connectivity index (χ3v) is 7.59. The van der Waals surface area contributed by atoms with E-state index in [0.717, 1.165) is 0 Å². The van der Waals surface area contributed by atoms with Crippen LogP contribution < -0.4 is 0 Å². The molecule has 0 aromatic carbocycles. The first-order chi connectivity index (χ1) is 14.5. The Balaban J connectivity index is 1.61. The Morgan fingerprint density at radius 2 is 1.53 bits per heavy atom. The second-order valence-electron chi connectivity index (χ2n) is 7.81. The molecule has 0 amide bonds. The third-order valence-electron chi connectivity index (χ3n) is 5.82. The van der Waals surface area contributed by atoms with Crippen molar-refractivity contribution in [1.29, 1.82) is 0 Å². The summed E-state index contributed by atoms with van der Waals surface area (Å²) in [6.07, 6.45) is -18.8. The van der Waals surface area contributed by atoms with E-state index in [9.17, 15) is 49.1 Å². The summed E-state index contributed by atoms with van der Waals surface area (Å²) < 4.78 is 116.